The van der Waals surface area contributed by atoms with Crippen molar-refractivity contribution in [3.05, 3.63) is 35.2 Å². The molecular formula is C9H6F4O3S. The molecule has 0 amide bonds. The molecule has 0 N–H and O–H groups in total. The van der Waals surface area contributed by atoms with Gasteiger partial charge in [-0.05, 0) is 23.8 Å². The zero-order valence-corrected chi connectivity index (χ0v) is 8.93. The van der Waals surface area contributed by atoms with Crippen molar-refractivity contribution in [3.63, 3.8) is 0 Å². The van der Waals surface area contributed by atoms with E-state index < -0.39 is 22.3 Å². The Morgan fingerprint density at radius 3 is 2.06 bits per heavy atom. The van der Waals surface area contributed by atoms with Crippen LogP contribution in [0.5, 0.6) is 5.75 Å². The van der Waals surface area contributed by atoms with Gasteiger partial charge < -0.3 is 4.74 Å². The molecule has 0 saturated carbocycles. The van der Waals surface area contributed by atoms with Gasteiger partial charge in [-0.3, -0.25) is 0 Å². The van der Waals surface area contributed by atoms with Gasteiger partial charge >= 0.3 is 16.6 Å². The van der Waals surface area contributed by atoms with Crippen LogP contribution in [0.15, 0.2) is 29.7 Å². The molecule has 0 saturated heterocycles. The first-order valence-corrected chi connectivity index (χ1v) is 5.59. The van der Waals surface area contributed by atoms with Crippen molar-refractivity contribution in [3.8, 4) is 5.75 Å². The van der Waals surface area contributed by atoms with Crippen LogP contribution in [0.3, 0.4) is 0 Å². The summed E-state index contributed by atoms with van der Waals surface area (Å²) in [5.74, 6) is -0.447. The van der Waals surface area contributed by atoms with E-state index in [-0.39, 0.29) is 5.56 Å². The lowest BCUT2D eigenvalue weighted by Gasteiger charge is -2.08. The molecule has 0 unspecified atom stereocenters. The summed E-state index contributed by atoms with van der Waals surface area (Å²) in [7, 11) is -4.75. The van der Waals surface area contributed by atoms with Crippen molar-refractivity contribution in [1.29, 1.82) is 0 Å². The standard InChI is InChI=1S/C9H6F4O3S/c10-9(11,12)16-8-3-1-7(2-4-8)5-6-17(13,14)15/h1-6H/b6-5+. The van der Waals surface area contributed by atoms with E-state index in [0.717, 1.165) is 30.3 Å². The topological polar surface area (TPSA) is 43.4 Å². The summed E-state index contributed by atoms with van der Waals surface area (Å²) >= 11 is 0. The summed E-state index contributed by atoms with van der Waals surface area (Å²) in [6, 6.07) is 4.28. The molecule has 17 heavy (non-hydrogen) atoms. The molecule has 8 heteroatoms. The van der Waals surface area contributed by atoms with Crippen LogP contribution >= 0.6 is 0 Å². The van der Waals surface area contributed by atoms with Crippen LogP contribution in [-0.4, -0.2) is 14.8 Å². The third kappa shape index (κ3) is 5.91. The van der Waals surface area contributed by atoms with Gasteiger partial charge in [-0.15, -0.1) is 17.1 Å². The predicted molar refractivity (Wildman–Crippen MR) is 52.2 cm³/mol. The van der Waals surface area contributed by atoms with E-state index in [2.05, 4.69) is 4.74 Å². The van der Waals surface area contributed by atoms with Crippen molar-refractivity contribution in [2.75, 3.05) is 0 Å². The van der Waals surface area contributed by atoms with Crippen LogP contribution < -0.4 is 4.74 Å². The molecule has 0 aliphatic heterocycles. The van der Waals surface area contributed by atoms with Gasteiger partial charge in [0.2, 0.25) is 0 Å². The van der Waals surface area contributed by atoms with Crippen LogP contribution in [0.4, 0.5) is 17.1 Å². The second-order valence-corrected chi connectivity index (χ2v) is 4.12. The number of halogens is 4. The summed E-state index contributed by atoms with van der Waals surface area (Å²) in [5, 5.41) is 0.298. The van der Waals surface area contributed by atoms with Crippen LogP contribution in [0.25, 0.3) is 6.08 Å². The Morgan fingerprint density at radius 1 is 1.12 bits per heavy atom. The van der Waals surface area contributed by atoms with Crippen molar-refractivity contribution in [2.24, 2.45) is 0 Å². The highest BCUT2D eigenvalue weighted by Gasteiger charge is 2.30. The van der Waals surface area contributed by atoms with E-state index in [0.29, 0.717) is 5.41 Å². The van der Waals surface area contributed by atoms with Gasteiger partial charge in [0.25, 0.3) is 0 Å². The Labute approximate surface area is 94.5 Å². The molecule has 94 valence electrons. The molecule has 0 heterocycles. The average Bonchev–Trinajstić information content (AvgIpc) is 2.13. The Kier molecular flexibility index (Phi) is 3.76. The van der Waals surface area contributed by atoms with Crippen LogP contribution in [-0.2, 0) is 10.2 Å². The summed E-state index contributed by atoms with van der Waals surface area (Å²) in [4.78, 5) is 0. The fraction of sp³-hybridized carbons (Fsp3) is 0.111. The van der Waals surface area contributed by atoms with E-state index >= 15 is 0 Å². The SMILES string of the molecule is O=S(=O)(F)/C=C/c1ccc(OC(F)(F)F)cc1. The summed E-state index contributed by atoms with van der Waals surface area (Å²) < 4.78 is 71.3. The lowest BCUT2D eigenvalue weighted by Crippen LogP contribution is -2.16. The van der Waals surface area contributed by atoms with Crippen LogP contribution in [0.1, 0.15) is 5.56 Å². The van der Waals surface area contributed by atoms with Gasteiger partial charge in [-0.25, -0.2) is 0 Å². The quantitative estimate of drug-likeness (QED) is 0.626. The van der Waals surface area contributed by atoms with Crippen molar-refractivity contribution in [1.82, 2.24) is 0 Å². The first-order chi connectivity index (χ1) is 7.66. The molecule has 0 spiro atoms. The molecule has 0 atom stereocenters. The summed E-state index contributed by atoms with van der Waals surface area (Å²) in [6.07, 6.45) is -3.88. The number of benzene rings is 1. The normalized spacial score (nSPS) is 12.9. The largest absolute Gasteiger partial charge is 0.573 e. The lowest BCUT2D eigenvalue weighted by atomic mass is 10.2. The number of hydrogen-bond acceptors (Lipinski definition) is 3. The second-order valence-electron chi connectivity index (χ2n) is 2.90. The zero-order chi connectivity index (χ0) is 13.1. The Morgan fingerprint density at radius 2 is 1.65 bits per heavy atom. The summed E-state index contributed by atoms with van der Waals surface area (Å²) in [6.45, 7) is 0. The predicted octanol–water partition coefficient (Wildman–Crippen LogP) is 2.86. The third-order valence-electron chi connectivity index (χ3n) is 1.54. The highest BCUT2D eigenvalue weighted by Crippen LogP contribution is 2.23. The van der Waals surface area contributed by atoms with Gasteiger partial charge in [-0.2, -0.15) is 8.42 Å². The van der Waals surface area contributed by atoms with Gasteiger partial charge in [0, 0.05) is 0 Å². The third-order valence-corrected chi connectivity index (χ3v) is 2.00. The molecule has 1 aromatic carbocycles. The van der Waals surface area contributed by atoms with Crippen LogP contribution in [0, 0.1) is 0 Å². The van der Waals surface area contributed by atoms with Crippen LogP contribution in [0.2, 0.25) is 0 Å². The maximum atomic E-state index is 12.1. The molecule has 1 rings (SSSR count). The molecule has 1 aromatic rings. The van der Waals surface area contributed by atoms with Gasteiger partial charge in [0.05, 0.1) is 5.41 Å². The van der Waals surface area contributed by atoms with E-state index in [1.165, 1.54) is 0 Å². The van der Waals surface area contributed by atoms with E-state index in [4.69, 9.17) is 0 Å². The molecular weight excluding hydrogens is 264 g/mol. The van der Waals surface area contributed by atoms with Crippen molar-refractivity contribution < 1.29 is 30.2 Å². The monoisotopic (exact) mass is 270 g/mol. The Bertz CT molecular complexity index is 502. The Balaban J connectivity index is 2.79. The van der Waals surface area contributed by atoms with Gasteiger partial charge in [0.15, 0.2) is 0 Å². The molecule has 0 fully saturated rings. The van der Waals surface area contributed by atoms with Gasteiger partial charge in [-0.1, -0.05) is 12.1 Å². The highest BCUT2D eigenvalue weighted by atomic mass is 32.3. The van der Waals surface area contributed by atoms with Crippen molar-refractivity contribution in [2.45, 2.75) is 6.36 Å². The number of ether oxygens (including phenoxy) is 1. The molecule has 3 nitrogen and oxygen atoms in total. The first kappa shape index (κ1) is 13.5. The van der Waals surface area contributed by atoms with E-state index in [1.807, 2.05) is 0 Å². The number of rotatable bonds is 3. The minimum atomic E-state index is -4.79. The summed E-state index contributed by atoms with van der Waals surface area (Å²) in [5.41, 5.74) is 0.223. The number of hydrogen-bond donors (Lipinski definition) is 0. The molecule has 0 aliphatic carbocycles. The van der Waals surface area contributed by atoms with E-state index in [9.17, 15) is 25.5 Å². The minimum Gasteiger partial charge on any atom is -0.406 e. The molecule has 0 radical (unpaired) electrons. The zero-order valence-electron chi connectivity index (χ0n) is 8.11. The maximum Gasteiger partial charge on any atom is 0.573 e. The maximum absolute atomic E-state index is 12.1. The lowest BCUT2D eigenvalue weighted by molar-refractivity contribution is -0.274. The second kappa shape index (κ2) is 4.74. The minimum absolute atomic E-state index is 0.223. The smallest absolute Gasteiger partial charge is 0.406 e. The average molecular weight is 270 g/mol. The fourth-order valence-corrected chi connectivity index (χ4v) is 1.26. The fourth-order valence-electron chi connectivity index (χ4n) is 0.940. The van der Waals surface area contributed by atoms with E-state index in [1.54, 1.807) is 0 Å². The Hall–Kier alpha value is -1.57. The number of alkyl halides is 3. The molecule has 0 aliphatic rings. The molecule has 0 aromatic heterocycles. The first-order valence-electron chi connectivity index (χ1n) is 4.14. The van der Waals surface area contributed by atoms with Gasteiger partial charge in [0.1, 0.15) is 5.75 Å². The molecule has 0 bridgehead atoms. The highest BCUT2D eigenvalue weighted by molar-refractivity contribution is 7.89. The van der Waals surface area contributed by atoms with Crippen molar-refractivity contribution >= 4 is 16.3 Å².